The number of rotatable bonds is 5. The van der Waals surface area contributed by atoms with Crippen molar-refractivity contribution >= 4 is 49.4 Å². The van der Waals surface area contributed by atoms with Gasteiger partial charge in [-0.1, -0.05) is 15.9 Å². The van der Waals surface area contributed by atoms with Gasteiger partial charge in [-0.05, 0) is 90.4 Å². The van der Waals surface area contributed by atoms with Gasteiger partial charge in [0.1, 0.15) is 0 Å². The topological polar surface area (TPSA) is 58.2 Å². The first kappa shape index (κ1) is 18.5. The van der Waals surface area contributed by atoms with Crippen molar-refractivity contribution in [2.75, 3.05) is 11.9 Å². The molecule has 2 amide bonds. The molecule has 140 valence electrons. The minimum atomic E-state index is -0.139. The third-order valence-electron chi connectivity index (χ3n) is 6.36. The van der Waals surface area contributed by atoms with Gasteiger partial charge in [-0.3, -0.25) is 9.59 Å². The summed E-state index contributed by atoms with van der Waals surface area (Å²) in [5, 5.41) is 5.95. The number of carbonyl (C=O) groups excluding carboxylic acids is 2. The molecule has 0 unspecified atom stereocenters. The van der Waals surface area contributed by atoms with Crippen LogP contribution in [-0.2, 0) is 9.59 Å². The minimum Gasteiger partial charge on any atom is -0.355 e. The third kappa shape index (κ3) is 3.72. The van der Waals surface area contributed by atoms with Gasteiger partial charge >= 0.3 is 0 Å². The largest absolute Gasteiger partial charge is 0.355 e. The van der Waals surface area contributed by atoms with Crippen molar-refractivity contribution in [3.8, 4) is 0 Å². The smallest absolute Gasteiger partial charge is 0.226 e. The molecule has 1 aromatic rings. The summed E-state index contributed by atoms with van der Waals surface area (Å²) in [5.41, 5.74) is 0.602. The molecule has 26 heavy (non-hydrogen) atoms. The van der Waals surface area contributed by atoms with Crippen LogP contribution in [0.1, 0.15) is 44.9 Å². The normalized spacial score (nSPS) is 31.7. The first-order chi connectivity index (χ1) is 12.4. The van der Waals surface area contributed by atoms with Gasteiger partial charge in [-0.2, -0.15) is 0 Å². The van der Waals surface area contributed by atoms with Crippen molar-refractivity contribution in [2.24, 2.45) is 23.2 Å². The van der Waals surface area contributed by atoms with Crippen molar-refractivity contribution in [1.82, 2.24) is 5.32 Å². The molecule has 0 spiro atoms. The van der Waals surface area contributed by atoms with E-state index in [4.69, 9.17) is 0 Å². The van der Waals surface area contributed by atoms with Gasteiger partial charge in [0.15, 0.2) is 0 Å². The number of benzene rings is 1. The molecule has 0 aliphatic heterocycles. The Morgan fingerprint density at radius 2 is 1.65 bits per heavy atom. The number of hydrogen-bond donors (Lipinski definition) is 2. The van der Waals surface area contributed by atoms with Crippen LogP contribution in [0.15, 0.2) is 27.1 Å². The average molecular weight is 484 g/mol. The van der Waals surface area contributed by atoms with Crippen LogP contribution in [0.4, 0.5) is 5.69 Å². The SMILES string of the molecule is O=C(CCNC(=O)C12CC3CC(CC(C3)C1)C2)Nc1ccc(Br)cc1Br. The molecule has 5 rings (SSSR count). The number of hydrogen-bond acceptors (Lipinski definition) is 2. The van der Waals surface area contributed by atoms with Crippen molar-refractivity contribution in [3.63, 3.8) is 0 Å². The summed E-state index contributed by atoms with van der Waals surface area (Å²) in [5.74, 6) is 2.37. The lowest BCUT2D eigenvalue weighted by molar-refractivity contribution is -0.146. The van der Waals surface area contributed by atoms with Gasteiger partial charge in [0.05, 0.1) is 5.69 Å². The molecular weight excluding hydrogens is 460 g/mol. The standard InChI is InChI=1S/C20H24Br2N2O2/c21-15-1-2-17(16(22)8-15)24-18(25)3-4-23-19(26)20-9-12-5-13(10-20)7-14(6-12)11-20/h1-2,8,12-14H,3-7,9-11H2,(H,23,26)(H,24,25). The first-order valence-corrected chi connectivity index (χ1v) is 11.1. The number of nitrogens with one attached hydrogen (secondary N) is 2. The summed E-state index contributed by atoms with van der Waals surface area (Å²) >= 11 is 6.84. The quantitative estimate of drug-likeness (QED) is 0.627. The zero-order valence-electron chi connectivity index (χ0n) is 14.7. The van der Waals surface area contributed by atoms with Crippen LogP contribution >= 0.6 is 31.9 Å². The lowest BCUT2D eigenvalue weighted by atomic mass is 9.49. The lowest BCUT2D eigenvalue weighted by Crippen LogP contribution is -2.53. The van der Waals surface area contributed by atoms with Crippen LogP contribution in [0.2, 0.25) is 0 Å². The molecule has 0 heterocycles. The summed E-state index contributed by atoms with van der Waals surface area (Å²) in [4.78, 5) is 25.1. The van der Waals surface area contributed by atoms with Crippen LogP contribution in [0, 0.1) is 23.2 Å². The molecule has 4 saturated carbocycles. The van der Waals surface area contributed by atoms with Gasteiger partial charge < -0.3 is 10.6 Å². The summed E-state index contributed by atoms with van der Waals surface area (Å²) in [7, 11) is 0. The van der Waals surface area contributed by atoms with E-state index in [0.717, 1.165) is 51.6 Å². The number of anilines is 1. The van der Waals surface area contributed by atoms with Crippen molar-refractivity contribution in [3.05, 3.63) is 27.1 Å². The molecule has 4 nitrogen and oxygen atoms in total. The number of carbonyl (C=O) groups is 2. The van der Waals surface area contributed by atoms with Crippen LogP contribution in [-0.4, -0.2) is 18.4 Å². The van der Waals surface area contributed by atoms with E-state index in [1.54, 1.807) is 0 Å². The van der Waals surface area contributed by atoms with Crippen LogP contribution < -0.4 is 10.6 Å². The molecule has 0 atom stereocenters. The number of halogens is 2. The highest BCUT2D eigenvalue weighted by Crippen LogP contribution is 2.60. The molecule has 0 radical (unpaired) electrons. The minimum absolute atomic E-state index is 0.0844. The zero-order chi connectivity index (χ0) is 18.3. The van der Waals surface area contributed by atoms with E-state index >= 15 is 0 Å². The maximum absolute atomic E-state index is 12.9. The summed E-state index contributed by atoms with van der Waals surface area (Å²) in [6, 6.07) is 5.62. The zero-order valence-corrected chi connectivity index (χ0v) is 17.9. The van der Waals surface area contributed by atoms with Gasteiger partial charge in [0.25, 0.3) is 0 Å². The molecule has 4 aliphatic rings. The van der Waals surface area contributed by atoms with Crippen molar-refractivity contribution in [1.29, 1.82) is 0 Å². The maximum Gasteiger partial charge on any atom is 0.226 e. The number of amides is 2. The van der Waals surface area contributed by atoms with Gasteiger partial charge in [0.2, 0.25) is 11.8 Å². The summed E-state index contributed by atoms with van der Waals surface area (Å²) < 4.78 is 1.78. The molecule has 4 aliphatic carbocycles. The van der Waals surface area contributed by atoms with E-state index in [9.17, 15) is 9.59 Å². The van der Waals surface area contributed by atoms with Gasteiger partial charge in [0, 0.05) is 27.3 Å². The highest BCUT2D eigenvalue weighted by molar-refractivity contribution is 9.11. The summed E-state index contributed by atoms with van der Waals surface area (Å²) in [6.07, 6.45) is 7.46. The van der Waals surface area contributed by atoms with Gasteiger partial charge in [-0.15, -0.1) is 0 Å². The molecular formula is C20H24Br2N2O2. The van der Waals surface area contributed by atoms with E-state index in [1.165, 1.54) is 19.3 Å². The monoisotopic (exact) mass is 482 g/mol. The maximum atomic E-state index is 12.9. The fourth-order valence-electron chi connectivity index (χ4n) is 5.67. The highest BCUT2D eigenvalue weighted by Gasteiger charge is 2.54. The predicted octanol–water partition coefficient (Wildman–Crippen LogP) is 4.87. The molecule has 0 aromatic heterocycles. The predicted molar refractivity (Wildman–Crippen MR) is 109 cm³/mol. The molecule has 4 bridgehead atoms. The second-order valence-electron chi connectivity index (χ2n) is 8.38. The van der Waals surface area contributed by atoms with Crippen molar-refractivity contribution in [2.45, 2.75) is 44.9 Å². The molecule has 6 heteroatoms. The Balaban J connectivity index is 1.28. The molecule has 2 N–H and O–H groups in total. The van der Waals surface area contributed by atoms with E-state index in [2.05, 4.69) is 42.5 Å². The van der Waals surface area contributed by atoms with E-state index in [0.29, 0.717) is 13.0 Å². The first-order valence-electron chi connectivity index (χ1n) is 9.47. The Morgan fingerprint density at radius 3 is 2.23 bits per heavy atom. The highest BCUT2D eigenvalue weighted by atomic mass is 79.9. The van der Waals surface area contributed by atoms with E-state index in [-0.39, 0.29) is 17.2 Å². The van der Waals surface area contributed by atoms with Gasteiger partial charge in [-0.25, -0.2) is 0 Å². The Hall–Kier alpha value is -0.880. The molecule has 0 saturated heterocycles. The Bertz CT molecular complexity index is 699. The Kier molecular flexibility index (Phi) is 5.17. The van der Waals surface area contributed by atoms with Crippen LogP contribution in [0.3, 0.4) is 0 Å². The third-order valence-corrected chi connectivity index (χ3v) is 7.51. The molecule has 1 aromatic carbocycles. The second-order valence-corrected chi connectivity index (χ2v) is 10.1. The Labute approximate surface area is 171 Å². The van der Waals surface area contributed by atoms with Crippen molar-refractivity contribution < 1.29 is 9.59 Å². The Morgan fingerprint density at radius 1 is 1.04 bits per heavy atom. The average Bonchev–Trinajstić information content (AvgIpc) is 2.56. The van der Waals surface area contributed by atoms with Crippen LogP contribution in [0.25, 0.3) is 0 Å². The summed E-state index contributed by atoms with van der Waals surface area (Å²) in [6.45, 7) is 0.403. The lowest BCUT2D eigenvalue weighted by Gasteiger charge is -2.55. The second kappa shape index (κ2) is 7.27. The van der Waals surface area contributed by atoms with E-state index in [1.807, 2.05) is 18.2 Å². The molecule has 4 fully saturated rings. The van der Waals surface area contributed by atoms with Crippen LogP contribution in [0.5, 0.6) is 0 Å². The fourth-order valence-corrected chi connectivity index (χ4v) is 6.82. The fraction of sp³-hybridized carbons (Fsp3) is 0.600. The van der Waals surface area contributed by atoms with E-state index < -0.39 is 0 Å².